The summed E-state index contributed by atoms with van der Waals surface area (Å²) >= 11 is 8.91. The lowest BCUT2D eigenvalue weighted by Crippen LogP contribution is -2.34. The maximum Gasteiger partial charge on any atom is 0.263 e. The fourth-order valence-corrected chi connectivity index (χ4v) is 5.04. The van der Waals surface area contributed by atoms with Crippen molar-refractivity contribution in [2.24, 2.45) is 5.92 Å². The second-order valence-corrected chi connectivity index (χ2v) is 9.07. The molecule has 1 saturated heterocycles. The zero-order valence-corrected chi connectivity index (χ0v) is 16.4. The van der Waals surface area contributed by atoms with Gasteiger partial charge in [0.1, 0.15) is 9.88 Å². The summed E-state index contributed by atoms with van der Waals surface area (Å²) in [6, 6.07) is 3.81. The van der Waals surface area contributed by atoms with E-state index in [9.17, 15) is 4.79 Å². The number of likely N-dealkylation sites (tertiary alicyclic amines) is 1. The molecule has 0 aromatic carbocycles. The second kappa shape index (κ2) is 7.95. The number of carbonyl (C=O) groups is 1. The van der Waals surface area contributed by atoms with Crippen LogP contribution in [-0.4, -0.2) is 42.0 Å². The quantitative estimate of drug-likeness (QED) is 0.809. The Morgan fingerprint density at radius 3 is 2.79 bits per heavy atom. The van der Waals surface area contributed by atoms with Gasteiger partial charge in [-0.15, -0.1) is 22.7 Å². The first kappa shape index (κ1) is 17.9. The van der Waals surface area contributed by atoms with Crippen LogP contribution in [0.2, 0.25) is 4.34 Å². The Bertz CT molecular complexity index is 707. The van der Waals surface area contributed by atoms with Gasteiger partial charge < -0.3 is 10.2 Å². The average Bonchev–Trinajstić information content (AvgIpc) is 3.26. The number of thiophene rings is 1. The molecule has 4 nitrogen and oxygen atoms in total. The molecule has 1 atom stereocenters. The number of nitrogens with zero attached hydrogens (tertiary/aromatic N) is 2. The smallest absolute Gasteiger partial charge is 0.263 e. The summed E-state index contributed by atoms with van der Waals surface area (Å²) in [5, 5.41) is 3.93. The minimum atomic E-state index is -0.0211. The molecule has 0 aliphatic carbocycles. The molecule has 1 N–H and O–H groups in total. The summed E-state index contributed by atoms with van der Waals surface area (Å²) in [6.45, 7) is 8.22. The van der Waals surface area contributed by atoms with E-state index in [2.05, 4.69) is 22.1 Å². The zero-order valence-electron chi connectivity index (χ0n) is 14.0. The molecule has 3 rings (SSSR count). The highest BCUT2D eigenvalue weighted by Gasteiger charge is 2.19. The lowest BCUT2D eigenvalue weighted by Gasteiger charge is -2.20. The van der Waals surface area contributed by atoms with Crippen LogP contribution in [0.3, 0.4) is 0 Å². The lowest BCUT2D eigenvalue weighted by atomic mass is 10.1. The van der Waals surface area contributed by atoms with Crippen LogP contribution in [0.1, 0.15) is 35.1 Å². The van der Waals surface area contributed by atoms with Crippen molar-refractivity contribution in [2.75, 3.05) is 26.2 Å². The molecular weight excluding hydrogens is 362 g/mol. The fraction of sp³-hybridized carbons (Fsp3) is 0.529. The number of thiazole rings is 1. The van der Waals surface area contributed by atoms with E-state index in [4.69, 9.17) is 11.6 Å². The minimum Gasteiger partial charge on any atom is -0.351 e. The van der Waals surface area contributed by atoms with Crippen molar-refractivity contribution in [1.29, 1.82) is 0 Å². The third-order valence-electron chi connectivity index (χ3n) is 4.17. The lowest BCUT2D eigenvalue weighted by molar-refractivity contribution is 0.0948. The number of hydrogen-bond acceptors (Lipinski definition) is 5. The molecule has 1 aliphatic rings. The van der Waals surface area contributed by atoms with E-state index in [1.54, 1.807) is 0 Å². The second-order valence-electron chi connectivity index (χ2n) is 6.36. The Kier molecular flexibility index (Phi) is 5.92. The van der Waals surface area contributed by atoms with E-state index < -0.39 is 0 Å². The van der Waals surface area contributed by atoms with Gasteiger partial charge in [-0.05, 0) is 50.9 Å². The van der Waals surface area contributed by atoms with Crippen LogP contribution in [0.5, 0.6) is 0 Å². The Morgan fingerprint density at radius 2 is 2.12 bits per heavy atom. The molecule has 2 aromatic heterocycles. The van der Waals surface area contributed by atoms with Gasteiger partial charge in [-0.2, -0.15) is 0 Å². The van der Waals surface area contributed by atoms with E-state index in [0.29, 0.717) is 17.3 Å². The largest absolute Gasteiger partial charge is 0.351 e. The third-order valence-corrected chi connectivity index (χ3v) is 6.72. The van der Waals surface area contributed by atoms with Crippen molar-refractivity contribution in [2.45, 2.75) is 26.7 Å². The predicted molar refractivity (Wildman–Crippen MR) is 102 cm³/mol. The number of halogens is 1. The molecule has 0 bridgehead atoms. The SMILES string of the molecule is Cc1nc(-c2ccc(Cl)s2)sc1C(=O)NCC(C)CN1CCCC1. The van der Waals surface area contributed by atoms with Crippen molar-refractivity contribution >= 4 is 40.2 Å². The van der Waals surface area contributed by atoms with Crippen LogP contribution < -0.4 is 5.32 Å². The monoisotopic (exact) mass is 383 g/mol. The van der Waals surface area contributed by atoms with Crippen molar-refractivity contribution < 1.29 is 4.79 Å². The van der Waals surface area contributed by atoms with Crippen LogP contribution in [0.25, 0.3) is 9.88 Å². The van der Waals surface area contributed by atoms with Gasteiger partial charge in [0.2, 0.25) is 0 Å². The number of rotatable bonds is 6. The molecule has 0 spiro atoms. The summed E-state index contributed by atoms with van der Waals surface area (Å²) in [5.74, 6) is 0.433. The summed E-state index contributed by atoms with van der Waals surface area (Å²) in [5.41, 5.74) is 0.782. The molecule has 3 heterocycles. The van der Waals surface area contributed by atoms with Crippen LogP contribution in [0, 0.1) is 12.8 Å². The molecule has 130 valence electrons. The molecule has 1 aliphatic heterocycles. The number of amides is 1. The first-order chi connectivity index (χ1) is 11.5. The topological polar surface area (TPSA) is 45.2 Å². The molecule has 2 aromatic rings. The number of hydrogen-bond donors (Lipinski definition) is 1. The van der Waals surface area contributed by atoms with Gasteiger partial charge in [-0.25, -0.2) is 4.98 Å². The third kappa shape index (κ3) is 4.36. The highest BCUT2D eigenvalue weighted by atomic mass is 35.5. The van der Waals surface area contributed by atoms with E-state index >= 15 is 0 Å². The molecule has 7 heteroatoms. The normalized spacial score (nSPS) is 16.5. The molecule has 24 heavy (non-hydrogen) atoms. The van der Waals surface area contributed by atoms with Gasteiger partial charge in [0, 0.05) is 13.1 Å². The van der Waals surface area contributed by atoms with Gasteiger partial charge in [-0.1, -0.05) is 18.5 Å². The first-order valence-electron chi connectivity index (χ1n) is 8.26. The maximum absolute atomic E-state index is 12.5. The summed E-state index contributed by atoms with van der Waals surface area (Å²) < 4.78 is 0.736. The zero-order chi connectivity index (χ0) is 17.1. The predicted octanol–water partition coefficient (Wildman–Crippen LogP) is 4.30. The Labute approximate surface area is 155 Å². The number of carbonyl (C=O) groups excluding carboxylic acids is 1. The summed E-state index contributed by atoms with van der Waals surface area (Å²) in [4.78, 5) is 21.2. The van der Waals surface area contributed by atoms with Crippen LogP contribution >= 0.6 is 34.3 Å². The van der Waals surface area contributed by atoms with Crippen LogP contribution in [0.15, 0.2) is 12.1 Å². The van der Waals surface area contributed by atoms with Crippen molar-refractivity contribution in [3.63, 3.8) is 0 Å². The summed E-state index contributed by atoms with van der Waals surface area (Å²) in [7, 11) is 0. The Hall–Kier alpha value is -0.950. The molecule has 1 amide bonds. The van der Waals surface area contributed by atoms with Gasteiger partial charge in [0.15, 0.2) is 0 Å². The van der Waals surface area contributed by atoms with Gasteiger partial charge >= 0.3 is 0 Å². The van der Waals surface area contributed by atoms with Crippen LogP contribution in [0.4, 0.5) is 0 Å². The van der Waals surface area contributed by atoms with Crippen molar-refractivity contribution in [3.05, 3.63) is 27.0 Å². The molecule has 0 saturated carbocycles. The molecule has 1 unspecified atom stereocenters. The van der Waals surface area contributed by atoms with Gasteiger partial charge in [-0.3, -0.25) is 4.79 Å². The number of aromatic nitrogens is 1. The fourth-order valence-electron chi connectivity index (χ4n) is 2.96. The minimum absolute atomic E-state index is 0.0211. The molecular formula is C17H22ClN3OS2. The van der Waals surface area contributed by atoms with Gasteiger partial charge in [0.05, 0.1) is 14.9 Å². The molecule has 1 fully saturated rings. The first-order valence-corrected chi connectivity index (χ1v) is 10.3. The number of nitrogens with one attached hydrogen (secondary N) is 1. The highest BCUT2D eigenvalue weighted by molar-refractivity contribution is 7.24. The number of aryl methyl sites for hydroxylation is 1. The maximum atomic E-state index is 12.5. The highest BCUT2D eigenvalue weighted by Crippen LogP contribution is 2.34. The Balaban J connectivity index is 1.57. The molecule has 0 radical (unpaired) electrons. The van der Waals surface area contributed by atoms with Crippen LogP contribution in [-0.2, 0) is 0 Å². The average molecular weight is 384 g/mol. The van der Waals surface area contributed by atoms with E-state index in [1.807, 2.05) is 19.1 Å². The van der Waals surface area contributed by atoms with E-state index in [0.717, 1.165) is 26.5 Å². The Morgan fingerprint density at radius 1 is 1.38 bits per heavy atom. The van der Waals surface area contributed by atoms with E-state index in [-0.39, 0.29) is 5.91 Å². The van der Waals surface area contributed by atoms with Gasteiger partial charge in [0.25, 0.3) is 5.91 Å². The van der Waals surface area contributed by atoms with Crippen molar-refractivity contribution in [1.82, 2.24) is 15.2 Å². The standard InChI is InChI=1S/C17H22ClN3OS2/c1-11(10-21-7-3-4-8-21)9-19-16(22)15-12(2)20-17(24-15)13-5-6-14(18)23-13/h5-6,11H,3-4,7-10H2,1-2H3,(H,19,22). The van der Waals surface area contributed by atoms with Crippen molar-refractivity contribution in [3.8, 4) is 9.88 Å². The summed E-state index contributed by atoms with van der Waals surface area (Å²) in [6.07, 6.45) is 2.60. The van der Waals surface area contributed by atoms with E-state index in [1.165, 1.54) is 48.6 Å².